The standard InChI is InChI=1S/C16H24N4/c17-18-16(15-11-19-6-8-20(15)9-7-19)14-10-13(14)12-4-2-1-3-5-12/h1-5,13-16,18H,6-11,17H2. The van der Waals surface area contributed by atoms with Crippen molar-refractivity contribution in [2.45, 2.75) is 24.4 Å². The molecule has 4 atom stereocenters. The highest BCUT2D eigenvalue weighted by Gasteiger charge is 2.49. The van der Waals surface area contributed by atoms with E-state index in [0.717, 1.165) is 0 Å². The first kappa shape index (κ1) is 12.8. The molecule has 1 aliphatic carbocycles. The molecule has 0 radical (unpaired) electrons. The van der Waals surface area contributed by atoms with Crippen molar-refractivity contribution in [1.82, 2.24) is 15.2 Å². The van der Waals surface area contributed by atoms with Crippen molar-refractivity contribution in [2.75, 3.05) is 32.7 Å². The maximum atomic E-state index is 5.92. The summed E-state index contributed by atoms with van der Waals surface area (Å²) in [5, 5.41) is 0. The molecule has 4 nitrogen and oxygen atoms in total. The van der Waals surface area contributed by atoms with Crippen LogP contribution in [0.4, 0.5) is 0 Å². The van der Waals surface area contributed by atoms with Gasteiger partial charge in [0.25, 0.3) is 0 Å². The molecule has 1 saturated carbocycles. The number of nitrogens with one attached hydrogen (secondary N) is 1. The summed E-state index contributed by atoms with van der Waals surface area (Å²) in [6, 6.07) is 11.9. The van der Waals surface area contributed by atoms with E-state index in [4.69, 9.17) is 5.84 Å². The van der Waals surface area contributed by atoms with E-state index in [1.54, 1.807) is 0 Å². The van der Waals surface area contributed by atoms with E-state index in [0.29, 0.717) is 23.9 Å². The minimum atomic E-state index is 0.434. The summed E-state index contributed by atoms with van der Waals surface area (Å²) in [4.78, 5) is 5.24. The number of fused-ring (bicyclic) bond motifs is 3. The Kier molecular flexibility index (Phi) is 3.27. The summed E-state index contributed by atoms with van der Waals surface area (Å²) in [6.07, 6.45) is 1.28. The van der Waals surface area contributed by atoms with Crippen molar-refractivity contribution < 1.29 is 0 Å². The van der Waals surface area contributed by atoms with E-state index >= 15 is 0 Å². The Morgan fingerprint density at radius 3 is 2.45 bits per heavy atom. The quantitative estimate of drug-likeness (QED) is 0.623. The topological polar surface area (TPSA) is 44.5 Å². The Morgan fingerprint density at radius 1 is 1.10 bits per heavy atom. The van der Waals surface area contributed by atoms with Crippen LogP contribution in [0.2, 0.25) is 0 Å². The van der Waals surface area contributed by atoms with Crippen LogP contribution < -0.4 is 11.3 Å². The third-order valence-electron chi connectivity index (χ3n) is 5.46. The smallest absolute Gasteiger partial charge is 0.0412 e. The second-order valence-electron chi connectivity index (χ2n) is 6.51. The molecule has 3 heterocycles. The van der Waals surface area contributed by atoms with Gasteiger partial charge in [0, 0.05) is 44.8 Å². The largest absolute Gasteiger partial charge is 0.299 e. The molecule has 4 fully saturated rings. The molecular formula is C16H24N4. The second kappa shape index (κ2) is 5.11. The van der Waals surface area contributed by atoms with Gasteiger partial charge in [0.15, 0.2) is 0 Å². The third kappa shape index (κ3) is 2.17. The number of benzene rings is 1. The highest BCUT2D eigenvalue weighted by Crippen LogP contribution is 2.50. The summed E-state index contributed by atoms with van der Waals surface area (Å²) in [6.45, 7) is 6.09. The van der Waals surface area contributed by atoms with Crippen LogP contribution in [0.25, 0.3) is 0 Å². The van der Waals surface area contributed by atoms with Gasteiger partial charge in [-0.15, -0.1) is 0 Å². The van der Waals surface area contributed by atoms with Crippen molar-refractivity contribution in [2.24, 2.45) is 11.8 Å². The molecule has 3 saturated heterocycles. The average molecular weight is 272 g/mol. The molecule has 3 aliphatic heterocycles. The minimum absolute atomic E-state index is 0.434. The summed E-state index contributed by atoms with van der Waals surface area (Å²) in [7, 11) is 0. The molecule has 1 aromatic rings. The molecule has 108 valence electrons. The lowest BCUT2D eigenvalue weighted by molar-refractivity contribution is -0.00703. The van der Waals surface area contributed by atoms with Crippen molar-refractivity contribution in [3.05, 3.63) is 35.9 Å². The summed E-state index contributed by atoms with van der Waals surface area (Å²) in [5.74, 6) is 7.33. The van der Waals surface area contributed by atoms with Gasteiger partial charge in [-0.05, 0) is 23.8 Å². The van der Waals surface area contributed by atoms with Gasteiger partial charge in [-0.2, -0.15) is 0 Å². The fraction of sp³-hybridized carbons (Fsp3) is 0.625. The zero-order valence-corrected chi connectivity index (χ0v) is 11.9. The van der Waals surface area contributed by atoms with Gasteiger partial charge in [0.1, 0.15) is 0 Å². The summed E-state index contributed by atoms with van der Waals surface area (Å²) < 4.78 is 0. The fourth-order valence-corrected chi connectivity index (χ4v) is 4.21. The number of rotatable bonds is 4. The van der Waals surface area contributed by atoms with Crippen LogP contribution in [0.5, 0.6) is 0 Å². The molecule has 0 spiro atoms. The Balaban J connectivity index is 1.47. The number of nitrogens with two attached hydrogens (primary N) is 1. The molecule has 5 rings (SSSR count). The maximum absolute atomic E-state index is 5.92. The van der Waals surface area contributed by atoms with Crippen molar-refractivity contribution in [3.63, 3.8) is 0 Å². The minimum Gasteiger partial charge on any atom is -0.299 e. The number of hydrazine groups is 1. The van der Waals surface area contributed by atoms with Crippen molar-refractivity contribution >= 4 is 0 Å². The van der Waals surface area contributed by atoms with Crippen molar-refractivity contribution in [3.8, 4) is 0 Å². The zero-order valence-electron chi connectivity index (χ0n) is 11.9. The van der Waals surface area contributed by atoms with Gasteiger partial charge >= 0.3 is 0 Å². The van der Waals surface area contributed by atoms with Crippen LogP contribution in [0.1, 0.15) is 17.9 Å². The predicted molar refractivity (Wildman–Crippen MR) is 80.2 cm³/mol. The number of hydrogen-bond acceptors (Lipinski definition) is 4. The van der Waals surface area contributed by atoms with Crippen LogP contribution in [0.15, 0.2) is 30.3 Å². The van der Waals surface area contributed by atoms with Gasteiger partial charge in [-0.25, -0.2) is 0 Å². The summed E-state index contributed by atoms with van der Waals surface area (Å²) >= 11 is 0. The monoisotopic (exact) mass is 272 g/mol. The first-order valence-electron chi connectivity index (χ1n) is 7.84. The van der Waals surface area contributed by atoms with Crippen LogP contribution in [0.3, 0.4) is 0 Å². The normalized spacial score (nSPS) is 40.5. The molecule has 4 heteroatoms. The SMILES string of the molecule is NNC(C1CC1c1ccccc1)C1CN2CCN1CC2. The van der Waals surface area contributed by atoms with E-state index in [-0.39, 0.29) is 0 Å². The maximum Gasteiger partial charge on any atom is 0.0412 e. The molecule has 0 amide bonds. The number of nitrogens with zero attached hydrogens (tertiary/aromatic N) is 2. The van der Waals surface area contributed by atoms with Gasteiger partial charge in [-0.1, -0.05) is 30.3 Å². The molecule has 0 aromatic heterocycles. The van der Waals surface area contributed by atoms with Gasteiger partial charge in [-0.3, -0.25) is 21.1 Å². The molecule has 4 aliphatic rings. The Labute approximate surface area is 120 Å². The average Bonchev–Trinajstić information content (AvgIpc) is 3.31. The second-order valence-corrected chi connectivity index (χ2v) is 6.51. The number of piperazine rings is 3. The Hall–Kier alpha value is -0.940. The van der Waals surface area contributed by atoms with Crippen LogP contribution in [0, 0.1) is 5.92 Å². The lowest BCUT2D eigenvalue weighted by atomic mass is 9.94. The van der Waals surface area contributed by atoms with Crippen LogP contribution in [-0.4, -0.2) is 54.6 Å². The lowest BCUT2D eigenvalue weighted by Gasteiger charge is -2.50. The summed E-state index contributed by atoms with van der Waals surface area (Å²) in [5.41, 5.74) is 4.63. The zero-order chi connectivity index (χ0) is 13.5. The molecule has 1 aromatic carbocycles. The van der Waals surface area contributed by atoms with E-state index in [1.165, 1.54) is 44.7 Å². The van der Waals surface area contributed by atoms with Crippen LogP contribution in [-0.2, 0) is 0 Å². The van der Waals surface area contributed by atoms with Crippen molar-refractivity contribution in [1.29, 1.82) is 0 Å². The lowest BCUT2D eigenvalue weighted by Crippen LogP contribution is -2.67. The fourth-order valence-electron chi connectivity index (χ4n) is 4.21. The molecule has 3 N–H and O–H groups in total. The third-order valence-corrected chi connectivity index (χ3v) is 5.46. The van der Waals surface area contributed by atoms with E-state index in [9.17, 15) is 0 Å². The first-order chi connectivity index (χ1) is 9.86. The molecule has 20 heavy (non-hydrogen) atoms. The van der Waals surface area contributed by atoms with E-state index in [1.807, 2.05) is 0 Å². The van der Waals surface area contributed by atoms with Gasteiger partial charge in [0.05, 0.1) is 0 Å². The number of hydrogen-bond donors (Lipinski definition) is 2. The molecular weight excluding hydrogens is 248 g/mol. The van der Waals surface area contributed by atoms with E-state index in [2.05, 4.69) is 45.6 Å². The highest BCUT2D eigenvalue weighted by molar-refractivity contribution is 5.27. The van der Waals surface area contributed by atoms with Gasteiger partial charge < -0.3 is 0 Å². The predicted octanol–water partition coefficient (Wildman–Crippen LogP) is 0.622. The molecule has 4 unspecified atom stereocenters. The van der Waals surface area contributed by atoms with Crippen LogP contribution >= 0.6 is 0 Å². The Morgan fingerprint density at radius 2 is 1.85 bits per heavy atom. The Bertz CT molecular complexity index is 455. The van der Waals surface area contributed by atoms with E-state index < -0.39 is 0 Å². The van der Waals surface area contributed by atoms with Gasteiger partial charge in [0.2, 0.25) is 0 Å². The molecule has 2 bridgehead atoms. The highest BCUT2D eigenvalue weighted by atomic mass is 15.4. The first-order valence-corrected chi connectivity index (χ1v) is 7.84.